The minimum absolute atomic E-state index is 0.00993. The summed E-state index contributed by atoms with van der Waals surface area (Å²) in [5, 5.41) is 10.7. The molecule has 1 atom stereocenters. The van der Waals surface area contributed by atoms with E-state index in [1.54, 1.807) is 0 Å². The topological polar surface area (TPSA) is 60.2 Å². The Morgan fingerprint density at radius 3 is 2.72 bits per heavy atom. The van der Waals surface area contributed by atoms with Gasteiger partial charge in [0.25, 0.3) is 0 Å². The first-order chi connectivity index (χ1) is 8.47. The molecule has 0 amide bonds. The zero-order valence-corrected chi connectivity index (χ0v) is 9.85. The maximum Gasteiger partial charge on any atom is 0.305 e. The number of rotatable bonds is 2. The Hall–Kier alpha value is -2.04. The number of halogens is 1. The van der Waals surface area contributed by atoms with Gasteiger partial charge in [0.15, 0.2) is 5.78 Å². The van der Waals surface area contributed by atoms with Gasteiger partial charge in [0, 0.05) is 12.5 Å². The van der Waals surface area contributed by atoms with Crippen LogP contribution < -0.4 is 0 Å². The second-order valence-corrected chi connectivity index (χ2v) is 4.57. The monoisotopic (exact) mass is 249 g/mol. The van der Waals surface area contributed by atoms with Crippen molar-refractivity contribution in [3.8, 4) is 0 Å². The summed E-state index contributed by atoms with van der Waals surface area (Å²) in [4.78, 5) is 21.4. The van der Waals surface area contributed by atoms with Gasteiger partial charge < -0.3 is 0 Å². The van der Waals surface area contributed by atoms with Gasteiger partial charge in [-0.05, 0) is 35.6 Å². The molecule has 1 unspecified atom stereocenters. The normalized spacial score (nSPS) is 19.6. The van der Waals surface area contributed by atoms with Crippen molar-refractivity contribution in [2.75, 3.05) is 0 Å². The predicted octanol–water partition coefficient (Wildman–Crippen LogP) is 3.12. The number of nitrogens with zero attached hydrogens (tertiary/aromatic N) is 1. The average molecular weight is 249 g/mol. The van der Waals surface area contributed by atoms with Crippen LogP contribution in [0, 0.1) is 21.8 Å². The quantitative estimate of drug-likeness (QED) is 0.597. The lowest BCUT2D eigenvalue weighted by molar-refractivity contribution is -0.387. The molecule has 0 saturated carbocycles. The number of nitro benzene ring substituents is 1. The summed E-state index contributed by atoms with van der Waals surface area (Å²) in [5.74, 6) is -0.642. The van der Waals surface area contributed by atoms with Crippen molar-refractivity contribution < 1.29 is 14.1 Å². The second-order valence-electron chi connectivity index (χ2n) is 4.57. The molecule has 5 heteroatoms. The van der Waals surface area contributed by atoms with E-state index in [0.717, 1.165) is 11.6 Å². The van der Waals surface area contributed by atoms with E-state index in [-0.39, 0.29) is 11.7 Å². The Balaban J connectivity index is 2.43. The summed E-state index contributed by atoms with van der Waals surface area (Å²) < 4.78 is 13.2. The molecular formula is C13H12FNO3. The summed E-state index contributed by atoms with van der Waals surface area (Å²) in [7, 11) is 0. The Kier molecular flexibility index (Phi) is 3.23. The van der Waals surface area contributed by atoms with E-state index in [1.807, 2.05) is 6.92 Å². The molecule has 1 aliphatic carbocycles. The van der Waals surface area contributed by atoms with Crippen LogP contribution in [0.25, 0.3) is 5.57 Å². The van der Waals surface area contributed by atoms with E-state index in [9.17, 15) is 19.3 Å². The molecule has 0 aromatic heterocycles. The summed E-state index contributed by atoms with van der Waals surface area (Å²) in [5.41, 5.74) is 0.726. The zero-order valence-electron chi connectivity index (χ0n) is 9.85. The molecule has 0 aliphatic heterocycles. The second kappa shape index (κ2) is 4.68. The first-order valence-electron chi connectivity index (χ1n) is 5.65. The van der Waals surface area contributed by atoms with Crippen molar-refractivity contribution in [1.82, 2.24) is 0 Å². The van der Waals surface area contributed by atoms with E-state index in [2.05, 4.69) is 0 Å². The van der Waals surface area contributed by atoms with E-state index >= 15 is 0 Å². The number of nitro groups is 1. The Morgan fingerprint density at radius 2 is 2.11 bits per heavy atom. The molecule has 0 radical (unpaired) electrons. The van der Waals surface area contributed by atoms with E-state index in [1.165, 1.54) is 18.2 Å². The van der Waals surface area contributed by atoms with Crippen molar-refractivity contribution in [3.63, 3.8) is 0 Å². The Morgan fingerprint density at radius 1 is 1.39 bits per heavy atom. The standard InChI is InChI=1S/C13H12FNO3/c1-8-4-10(6-11(16)5-8)9-2-3-12(14)13(7-9)15(17)18/h2-3,6-8H,4-5H2,1H3. The first kappa shape index (κ1) is 12.4. The molecule has 2 rings (SSSR count). The molecule has 0 spiro atoms. The molecule has 0 N–H and O–H groups in total. The van der Waals surface area contributed by atoms with Crippen LogP contribution in [0.3, 0.4) is 0 Å². The fourth-order valence-electron chi connectivity index (χ4n) is 2.16. The predicted molar refractivity (Wildman–Crippen MR) is 64.4 cm³/mol. The number of carbonyl (C=O) groups is 1. The van der Waals surface area contributed by atoms with Crippen LogP contribution in [0.1, 0.15) is 25.3 Å². The highest BCUT2D eigenvalue weighted by atomic mass is 19.1. The van der Waals surface area contributed by atoms with Crippen LogP contribution in [-0.2, 0) is 4.79 Å². The summed E-state index contributed by atoms with van der Waals surface area (Å²) >= 11 is 0. The first-order valence-corrected chi connectivity index (χ1v) is 5.65. The van der Waals surface area contributed by atoms with Gasteiger partial charge in [0.05, 0.1) is 4.92 Å². The van der Waals surface area contributed by atoms with E-state index in [0.29, 0.717) is 18.4 Å². The molecule has 0 bridgehead atoms. The van der Waals surface area contributed by atoms with Crippen molar-refractivity contribution >= 4 is 17.0 Å². The highest BCUT2D eigenvalue weighted by Gasteiger charge is 2.21. The van der Waals surface area contributed by atoms with Gasteiger partial charge in [-0.2, -0.15) is 4.39 Å². The molecule has 0 saturated heterocycles. The average Bonchev–Trinajstić information content (AvgIpc) is 2.27. The fraction of sp³-hybridized carbons (Fsp3) is 0.308. The number of allylic oxidation sites excluding steroid dienone is 2. The molecular weight excluding hydrogens is 237 g/mol. The third kappa shape index (κ3) is 2.45. The Bertz CT molecular complexity index is 551. The molecule has 1 aromatic carbocycles. The van der Waals surface area contributed by atoms with Crippen LogP contribution in [0.2, 0.25) is 0 Å². The van der Waals surface area contributed by atoms with Crippen LogP contribution in [0.4, 0.5) is 10.1 Å². The maximum absolute atomic E-state index is 13.2. The smallest absolute Gasteiger partial charge is 0.295 e. The van der Waals surface area contributed by atoms with Crippen molar-refractivity contribution in [1.29, 1.82) is 0 Å². The SMILES string of the molecule is CC1CC(=O)C=C(c2ccc(F)c([N+](=O)[O-])c2)C1. The number of hydrogen-bond donors (Lipinski definition) is 0. The van der Waals surface area contributed by atoms with E-state index < -0.39 is 16.4 Å². The van der Waals surface area contributed by atoms with Gasteiger partial charge in [-0.1, -0.05) is 13.0 Å². The lowest BCUT2D eigenvalue weighted by atomic mass is 9.86. The summed E-state index contributed by atoms with van der Waals surface area (Å²) in [6.07, 6.45) is 2.66. The lowest BCUT2D eigenvalue weighted by Crippen LogP contribution is -2.10. The van der Waals surface area contributed by atoms with Crippen molar-refractivity contribution in [3.05, 3.63) is 45.8 Å². The fourth-order valence-corrected chi connectivity index (χ4v) is 2.16. The Labute approximate surface area is 103 Å². The summed E-state index contributed by atoms with van der Waals surface area (Å²) in [6.45, 7) is 1.95. The summed E-state index contributed by atoms with van der Waals surface area (Å²) in [6, 6.07) is 3.73. The largest absolute Gasteiger partial charge is 0.305 e. The van der Waals surface area contributed by atoms with Gasteiger partial charge in [0.1, 0.15) is 0 Å². The highest BCUT2D eigenvalue weighted by Crippen LogP contribution is 2.31. The van der Waals surface area contributed by atoms with Crippen molar-refractivity contribution in [2.24, 2.45) is 5.92 Å². The molecule has 0 heterocycles. The highest BCUT2D eigenvalue weighted by molar-refractivity contribution is 5.98. The number of benzene rings is 1. The number of hydrogen-bond acceptors (Lipinski definition) is 3. The van der Waals surface area contributed by atoms with Gasteiger partial charge in [-0.15, -0.1) is 0 Å². The third-order valence-electron chi connectivity index (χ3n) is 2.97. The third-order valence-corrected chi connectivity index (χ3v) is 2.97. The van der Waals surface area contributed by atoms with E-state index in [4.69, 9.17) is 0 Å². The van der Waals surface area contributed by atoms with Gasteiger partial charge in [-0.3, -0.25) is 14.9 Å². The zero-order chi connectivity index (χ0) is 13.3. The minimum atomic E-state index is -0.862. The molecule has 4 nitrogen and oxygen atoms in total. The van der Waals surface area contributed by atoms with Crippen LogP contribution in [0.5, 0.6) is 0 Å². The van der Waals surface area contributed by atoms with Gasteiger partial charge in [-0.25, -0.2) is 0 Å². The lowest BCUT2D eigenvalue weighted by Gasteiger charge is -2.18. The minimum Gasteiger partial charge on any atom is -0.295 e. The molecule has 1 aromatic rings. The van der Waals surface area contributed by atoms with Gasteiger partial charge in [0.2, 0.25) is 5.82 Å². The number of carbonyl (C=O) groups excluding carboxylic acids is 1. The number of ketones is 1. The van der Waals surface area contributed by atoms with Crippen LogP contribution in [0.15, 0.2) is 24.3 Å². The molecule has 94 valence electrons. The van der Waals surface area contributed by atoms with Crippen LogP contribution in [-0.4, -0.2) is 10.7 Å². The molecule has 1 aliphatic rings. The molecule has 18 heavy (non-hydrogen) atoms. The van der Waals surface area contributed by atoms with Gasteiger partial charge >= 0.3 is 5.69 Å². The maximum atomic E-state index is 13.2. The molecule has 0 fully saturated rings. The van der Waals surface area contributed by atoms with Crippen LogP contribution >= 0.6 is 0 Å². The van der Waals surface area contributed by atoms with Crippen molar-refractivity contribution in [2.45, 2.75) is 19.8 Å².